The molecule has 1 unspecified atom stereocenters. The average Bonchev–Trinajstić information content (AvgIpc) is 2.93. The monoisotopic (exact) mass is 309 g/mol. The van der Waals surface area contributed by atoms with Gasteiger partial charge in [-0.1, -0.05) is 35.1 Å². The fraction of sp³-hybridized carbons (Fsp3) is 0.357. The topological polar surface area (TPSA) is 46.1 Å². The maximum absolute atomic E-state index is 12.5. The SMILES string of the molecule is CCc1nnsc1C(=O)N(C)C(C)c1cccc(Cl)c1. The second-order valence-electron chi connectivity index (χ2n) is 4.55. The van der Waals surface area contributed by atoms with Gasteiger partial charge in [0.2, 0.25) is 0 Å². The number of nitrogens with zero attached hydrogens (tertiary/aromatic N) is 3. The molecule has 0 radical (unpaired) electrons. The van der Waals surface area contributed by atoms with Gasteiger partial charge in [-0.15, -0.1) is 5.10 Å². The number of halogens is 1. The first-order chi connectivity index (χ1) is 9.54. The Bertz CT molecular complexity index is 614. The normalized spacial score (nSPS) is 12.2. The van der Waals surface area contributed by atoms with E-state index in [-0.39, 0.29) is 11.9 Å². The lowest BCUT2D eigenvalue weighted by molar-refractivity contribution is 0.0746. The summed E-state index contributed by atoms with van der Waals surface area (Å²) in [6, 6.07) is 7.49. The second kappa shape index (κ2) is 6.33. The highest BCUT2D eigenvalue weighted by atomic mass is 35.5. The molecule has 4 nitrogen and oxygen atoms in total. The van der Waals surface area contributed by atoms with E-state index in [0.29, 0.717) is 16.3 Å². The lowest BCUT2D eigenvalue weighted by Gasteiger charge is -2.25. The quantitative estimate of drug-likeness (QED) is 0.867. The smallest absolute Gasteiger partial charge is 0.267 e. The molecular weight excluding hydrogens is 294 g/mol. The van der Waals surface area contributed by atoms with Gasteiger partial charge in [-0.2, -0.15) is 0 Å². The Labute approximate surface area is 127 Å². The van der Waals surface area contributed by atoms with Gasteiger partial charge < -0.3 is 4.90 Å². The molecule has 0 N–H and O–H groups in total. The summed E-state index contributed by atoms with van der Waals surface area (Å²) in [5, 5.41) is 4.65. The molecule has 1 aromatic heterocycles. The molecule has 2 aromatic rings. The van der Waals surface area contributed by atoms with E-state index in [2.05, 4.69) is 9.59 Å². The van der Waals surface area contributed by atoms with Gasteiger partial charge in [-0.3, -0.25) is 4.79 Å². The van der Waals surface area contributed by atoms with Crippen LogP contribution in [0.3, 0.4) is 0 Å². The van der Waals surface area contributed by atoms with E-state index >= 15 is 0 Å². The van der Waals surface area contributed by atoms with Gasteiger partial charge in [0.1, 0.15) is 4.88 Å². The van der Waals surface area contributed by atoms with Crippen molar-refractivity contribution in [1.29, 1.82) is 0 Å². The minimum atomic E-state index is -0.0620. The molecule has 0 fully saturated rings. The lowest BCUT2D eigenvalue weighted by Crippen LogP contribution is -2.29. The molecule has 0 aliphatic carbocycles. The van der Waals surface area contributed by atoms with Crippen LogP contribution in [-0.2, 0) is 6.42 Å². The highest BCUT2D eigenvalue weighted by Gasteiger charge is 2.23. The van der Waals surface area contributed by atoms with Crippen LogP contribution in [-0.4, -0.2) is 27.4 Å². The van der Waals surface area contributed by atoms with Crippen molar-refractivity contribution in [3.8, 4) is 0 Å². The Morgan fingerprint density at radius 3 is 2.90 bits per heavy atom. The molecule has 6 heteroatoms. The minimum absolute atomic E-state index is 0.0516. The molecule has 1 aromatic carbocycles. The van der Waals surface area contributed by atoms with Crippen molar-refractivity contribution in [3.63, 3.8) is 0 Å². The van der Waals surface area contributed by atoms with Gasteiger partial charge in [0.25, 0.3) is 5.91 Å². The minimum Gasteiger partial charge on any atom is -0.334 e. The fourth-order valence-electron chi connectivity index (χ4n) is 1.93. The summed E-state index contributed by atoms with van der Waals surface area (Å²) in [5.41, 5.74) is 1.76. The van der Waals surface area contributed by atoms with E-state index in [0.717, 1.165) is 22.8 Å². The Morgan fingerprint density at radius 1 is 1.50 bits per heavy atom. The molecule has 1 heterocycles. The van der Waals surface area contributed by atoms with Crippen molar-refractivity contribution in [3.05, 3.63) is 45.4 Å². The van der Waals surface area contributed by atoms with Crippen LogP contribution in [0.25, 0.3) is 0 Å². The number of carbonyl (C=O) groups is 1. The Kier molecular flexibility index (Phi) is 4.73. The van der Waals surface area contributed by atoms with Crippen LogP contribution in [0, 0.1) is 0 Å². The molecule has 0 aliphatic rings. The third-order valence-corrected chi connectivity index (χ3v) is 4.31. The standard InChI is InChI=1S/C14H16ClN3OS/c1-4-12-13(20-17-16-12)14(19)18(3)9(2)10-6-5-7-11(15)8-10/h5-9H,4H2,1-3H3. The molecule has 0 saturated carbocycles. The van der Waals surface area contributed by atoms with Gasteiger partial charge in [0, 0.05) is 12.1 Å². The van der Waals surface area contributed by atoms with Crippen LogP contribution in [0.5, 0.6) is 0 Å². The van der Waals surface area contributed by atoms with Gasteiger partial charge in [0.15, 0.2) is 0 Å². The van der Waals surface area contributed by atoms with Gasteiger partial charge in [0.05, 0.1) is 11.7 Å². The molecule has 0 bridgehead atoms. The third kappa shape index (κ3) is 2.99. The van der Waals surface area contributed by atoms with E-state index in [1.165, 1.54) is 0 Å². The maximum Gasteiger partial charge on any atom is 0.267 e. The van der Waals surface area contributed by atoms with Gasteiger partial charge >= 0.3 is 0 Å². The molecule has 2 rings (SSSR count). The van der Waals surface area contributed by atoms with Crippen molar-refractivity contribution < 1.29 is 4.79 Å². The van der Waals surface area contributed by atoms with Crippen LogP contribution >= 0.6 is 23.1 Å². The number of aromatic nitrogens is 2. The molecular formula is C14H16ClN3OS. The van der Waals surface area contributed by atoms with Crippen LogP contribution in [0.1, 0.15) is 40.8 Å². The summed E-state index contributed by atoms with van der Waals surface area (Å²) in [4.78, 5) is 14.8. The van der Waals surface area contributed by atoms with Crippen molar-refractivity contribution in [2.75, 3.05) is 7.05 Å². The molecule has 0 saturated heterocycles. The Morgan fingerprint density at radius 2 is 2.25 bits per heavy atom. The predicted molar refractivity (Wildman–Crippen MR) is 81.2 cm³/mol. The van der Waals surface area contributed by atoms with Gasteiger partial charge in [-0.05, 0) is 42.6 Å². The number of benzene rings is 1. The summed E-state index contributed by atoms with van der Waals surface area (Å²) in [5.74, 6) is -0.0516. The van der Waals surface area contributed by atoms with E-state index in [1.54, 1.807) is 11.9 Å². The number of hydrogen-bond acceptors (Lipinski definition) is 4. The molecule has 106 valence electrons. The lowest BCUT2D eigenvalue weighted by atomic mass is 10.1. The van der Waals surface area contributed by atoms with Crippen LogP contribution in [0.2, 0.25) is 5.02 Å². The molecule has 0 aliphatic heterocycles. The van der Waals surface area contributed by atoms with E-state index < -0.39 is 0 Å². The molecule has 20 heavy (non-hydrogen) atoms. The van der Waals surface area contributed by atoms with Crippen molar-refractivity contribution >= 4 is 29.0 Å². The van der Waals surface area contributed by atoms with E-state index in [9.17, 15) is 4.79 Å². The predicted octanol–water partition coefficient (Wildman–Crippen LogP) is 3.59. The number of aryl methyl sites for hydroxylation is 1. The second-order valence-corrected chi connectivity index (χ2v) is 5.74. The largest absolute Gasteiger partial charge is 0.334 e. The zero-order valence-corrected chi connectivity index (χ0v) is 13.2. The molecule has 1 amide bonds. The van der Waals surface area contributed by atoms with Crippen molar-refractivity contribution in [2.45, 2.75) is 26.3 Å². The van der Waals surface area contributed by atoms with Crippen molar-refractivity contribution in [1.82, 2.24) is 14.5 Å². The molecule has 0 spiro atoms. The van der Waals surface area contributed by atoms with E-state index in [4.69, 9.17) is 11.6 Å². The van der Waals surface area contributed by atoms with Crippen LogP contribution in [0.15, 0.2) is 24.3 Å². The first kappa shape index (κ1) is 14.9. The summed E-state index contributed by atoms with van der Waals surface area (Å²) in [6.07, 6.45) is 0.705. The summed E-state index contributed by atoms with van der Waals surface area (Å²) in [6.45, 7) is 3.94. The zero-order valence-electron chi connectivity index (χ0n) is 11.6. The van der Waals surface area contributed by atoms with Crippen LogP contribution in [0.4, 0.5) is 0 Å². The Hall–Kier alpha value is -1.46. The number of carbonyl (C=O) groups excluding carboxylic acids is 1. The van der Waals surface area contributed by atoms with Gasteiger partial charge in [-0.25, -0.2) is 0 Å². The van der Waals surface area contributed by atoms with Crippen LogP contribution < -0.4 is 0 Å². The summed E-state index contributed by atoms with van der Waals surface area (Å²) in [7, 11) is 1.78. The number of hydrogen-bond donors (Lipinski definition) is 0. The zero-order chi connectivity index (χ0) is 14.7. The third-order valence-electron chi connectivity index (χ3n) is 3.32. The first-order valence-electron chi connectivity index (χ1n) is 6.38. The van der Waals surface area contributed by atoms with Crippen molar-refractivity contribution in [2.24, 2.45) is 0 Å². The summed E-state index contributed by atoms with van der Waals surface area (Å²) >= 11 is 7.15. The number of rotatable bonds is 4. The highest BCUT2D eigenvalue weighted by Crippen LogP contribution is 2.24. The molecule has 1 atom stereocenters. The highest BCUT2D eigenvalue weighted by molar-refractivity contribution is 7.08. The number of amides is 1. The Balaban J connectivity index is 2.22. The average molecular weight is 310 g/mol. The first-order valence-corrected chi connectivity index (χ1v) is 7.53. The maximum atomic E-state index is 12.5. The van der Waals surface area contributed by atoms with E-state index in [1.807, 2.05) is 38.1 Å². The summed E-state index contributed by atoms with van der Waals surface area (Å²) < 4.78 is 3.87. The fourth-order valence-corrected chi connectivity index (χ4v) is 2.86.